The van der Waals surface area contributed by atoms with Crippen molar-refractivity contribution >= 4 is 12.1 Å². The van der Waals surface area contributed by atoms with Crippen LogP contribution in [-0.4, -0.2) is 47.0 Å². The summed E-state index contributed by atoms with van der Waals surface area (Å²) in [5.41, 5.74) is 3.76. The van der Waals surface area contributed by atoms with Gasteiger partial charge in [0.25, 0.3) is 0 Å². The summed E-state index contributed by atoms with van der Waals surface area (Å²) < 4.78 is 11.4. The number of carboxylic acid groups (broad SMARTS) is 1. The molecule has 6 nitrogen and oxygen atoms in total. The minimum atomic E-state index is -1.06. The first-order valence-electron chi connectivity index (χ1n) is 9.62. The number of carbonyl (C=O) groups is 2. The number of hydrogen-bond donors (Lipinski definition) is 1. The molecule has 1 atom stereocenters. The Bertz CT molecular complexity index is 906. The van der Waals surface area contributed by atoms with E-state index in [-0.39, 0.29) is 19.1 Å². The van der Waals surface area contributed by atoms with E-state index in [0.29, 0.717) is 12.8 Å². The molecular weight excluding hydrogens is 358 g/mol. The summed E-state index contributed by atoms with van der Waals surface area (Å²) in [4.78, 5) is 25.8. The van der Waals surface area contributed by atoms with Crippen LogP contribution < -0.4 is 0 Å². The molecule has 3 aliphatic rings. The summed E-state index contributed by atoms with van der Waals surface area (Å²) in [5, 5.41) is 9.50. The Morgan fingerprint density at radius 3 is 2.21 bits per heavy atom. The van der Waals surface area contributed by atoms with Crippen molar-refractivity contribution in [3.8, 4) is 11.1 Å². The molecule has 2 aromatic carbocycles. The van der Waals surface area contributed by atoms with E-state index in [1.54, 1.807) is 0 Å². The molecular formula is C22H21NO5. The minimum Gasteiger partial charge on any atom is -0.480 e. The third-order valence-electron chi connectivity index (χ3n) is 6.21. The molecule has 0 radical (unpaired) electrons. The van der Waals surface area contributed by atoms with Gasteiger partial charge in [-0.05, 0) is 41.5 Å². The Hall–Kier alpha value is -2.86. The summed E-state index contributed by atoms with van der Waals surface area (Å²) in [6.45, 7) is 0.186. The first-order valence-corrected chi connectivity index (χ1v) is 9.62. The zero-order valence-corrected chi connectivity index (χ0v) is 15.3. The van der Waals surface area contributed by atoms with Crippen LogP contribution in [0.4, 0.5) is 4.79 Å². The van der Waals surface area contributed by atoms with Crippen LogP contribution >= 0.6 is 0 Å². The lowest BCUT2D eigenvalue weighted by molar-refractivity contribution is -0.148. The second-order valence-corrected chi connectivity index (χ2v) is 7.64. The van der Waals surface area contributed by atoms with Crippen LogP contribution in [0, 0.1) is 0 Å². The van der Waals surface area contributed by atoms with E-state index in [0.717, 1.165) is 28.7 Å². The standard InChI is InChI=1S/C22H21NO5/c24-20(25)19-13-28-22(10-5-11-22)23(19)21(26)27-12-18-16-8-3-1-6-14(16)15-7-2-4-9-17(15)18/h1-4,6-9,18-19H,5,10-13H2,(H,24,25). The lowest BCUT2D eigenvalue weighted by Crippen LogP contribution is -2.57. The molecule has 144 valence electrons. The van der Waals surface area contributed by atoms with E-state index in [2.05, 4.69) is 24.3 Å². The highest BCUT2D eigenvalue weighted by atomic mass is 16.6. The highest BCUT2D eigenvalue weighted by molar-refractivity contribution is 5.82. The van der Waals surface area contributed by atoms with Gasteiger partial charge in [-0.3, -0.25) is 4.90 Å². The van der Waals surface area contributed by atoms with E-state index in [9.17, 15) is 14.7 Å². The summed E-state index contributed by atoms with van der Waals surface area (Å²) in [6, 6.07) is 15.3. The van der Waals surface area contributed by atoms with Crippen LogP contribution in [0.15, 0.2) is 48.5 Å². The molecule has 1 amide bonds. The van der Waals surface area contributed by atoms with Gasteiger partial charge in [-0.25, -0.2) is 9.59 Å². The van der Waals surface area contributed by atoms with Crippen LogP contribution in [0.2, 0.25) is 0 Å². The van der Waals surface area contributed by atoms with Crippen LogP contribution in [0.25, 0.3) is 11.1 Å². The molecule has 1 saturated carbocycles. The summed E-state index contributed by atoms with van der Waals surface area (Å²) in [7, 11) is 0. The highest BCUT2D eigenvalue weighted by Crippen LogP contribution is 2.46. The summed E-state index contributed by atoms with van der Waals surface area (Å²) in [6.07, 6.45) is 1.62. The van der Waals surface area contributed by atoms with Crippen LogP contribution in [0.3, 0.4) is 0 Å². The van der Waals surface area contributed by atoms with Gasteiger partial charge >= 0.3 is 12.1 Å². The Morgan fingerprint density at radius 2 is 1.68 bits per heavy atom. The molecule has 1 heterocycles. The molecule has 1 N–H and O–H groups in total. The molecule has 1 spiro atoms. The number of hydrogen-bond acceptors (Lipinski definition) is 4. The smallest absolute Gasteiger partial charge is 0.412 e. The van der Waals surface area contributed by atoms with Crippen molar-refractivity contribution in [3.05, 3.63) is 59.7 Å². The molecule has 0 aromatic heterocycles. The average Bonchev–Trinajstić information content (AvgIpc) is 3.23. The van der Waals surface area contributed by atoms with Gasteiger partial charge in [0.05, 0.1) is 6.61 Å². The monoisotopic (exact) mass is 379 g/mol. The predicted octanol–water partition coefficient (Wildman–Crippen LogP) is 3.60. The van der Waals surface area contributed by atoms with Crippen molar-refractivity contribution in [1.29, 1.82) is 0 Å². The molecule has 2 aliphatic carbocycles. The SMILES string of the molecule is O=C(O)C1COC2(CCC2)N1C(=O)OCC1c2ccccc2-c2ccccc21. The number of amides is 1. The largest absolute Gasteiger partial charge is 0.480 e. The molecule has 6 heteroatoms. The second kappa shape index (κ2) is 6.34. The van der Waals surface area contributed by atoms with Crippen molar-refractivity contribution in [2.75, 3.05) is 13.2 Å². The molecule has 1 unspecified atom stereocenters. The van der Waals surface area contributed by atoms with Gasteiger partial charge in [-0.2, -0.15) is 0 Å². The first kappa shape index (κ1) is 17.3. The van der Waals surface area contributed by atoms with Crippen molar-refractivity contribution < 1.29 is 24.2 Å². The van der Waals surface area contributed by atoms with Crippen molar-refractivity contribution in [2.24, 2.45) is 0 Å². The zero-order valence-electron chi connectivity index (χ0n) is 15.3. The second-order valence-electron chi connectivity index (χ2n) is 7.64. The van der Waals surface area contributed by atoms with Crippen LogP contribution in [0.5, 0.6) is 0 Å². The van der Waals surface area contributed by atoms with Crippen molar-refractivity contribution in [3.63, 3.8) is 0 Å². The quantitative estimate of drug-likeness (QED) is 0.882. The number of aliphatic carboxylic acids is 1. The molecule has 1 aliphatic heterocycles. The molecule has 28 heavy (non-hydrogen) atoms. The van der Waals surface area contributed by atoms with Gasteiger partial charge in [0.2, 0.25) is 0 Å². The fraction of sp³-hybridized carbons (Fsp3) is 0.364. The lowest BCUT2D eigenvalue weighted by Gasteiger charge is -2.44. The summed E-state index contributed by atoms with van der Waals surface area (Å²) in [5.74, 6) is -1.11. The molecule has 1 saturated heterocycles. The third-order valence-corrected chi connectivity index (χ3v) is 6.21. The number of fused-ring (bicyclic) bond motifs is 3. The molecule has 2 aromatic rings. The van der Waals surface area contributed by atoms with E-state index in [1.165, 1.54) is 4.90 Å². The van der Waals surface area contributed by atoms with E-state index in [1.807, 2.05) is 24.3 Å². The fourth-order valence-electron chi connectivity index (χ4n) is 4.67. The maximum Gasteiger partial charge on any atom is 0.412 e. The number of carbonyl (C=O) groups excluding carboxylic acids is 1. The molecule has 2 fully saturated rings. The normalized spacial score (nSPS) is 21.9. The average molecular weight is 379 g/mol. The number of benzene rings is 2. The maximum absolute atomic E-state index is 12.9. The fourth-order valence-corrected chi connectivity index (χ4v) is 4.67. The third kappa shape index (κ3) is 2.44. The topological polar surface area (TPSA) is 76.1 Å². The number of nitrogens with zero attached hydrogens (tertiary/aromatic N) is 1. The van der Waals surface area contributed by atoms with E-state index < -0.39 is 23.8 Å². The minimum absolute atomic E-state index is 0.0134. The van der Waals surface area contributed by atoms with Gasteiger partial charge < -0.3 is 14.6 Å². The summed E-state index contributed by atoms with van der Waals surface area (Å²) >= 11 is 0. The number of rotatable bonds is 3. The Balaban J connectivity index is 1.39. The van der Waals surface area contributed by atoms with Gasteiger partial charge in [-0.15, -0.1) is 0 Å². The zero-order chi connectivity index (χ0) is 19.3. The van der Waals surface area contributed by atoms with E-state index in [4.69, 9.17) is 9.47 Å². The highest BCUT2D eigenvalue weighted by Gasteiger charge is 2.57. The van der Waals surface area contributed by atoms with Gasteiger partial charge in [0.1, 0.15) is 12.3 Å². The Labute approximate surface area is 162 Å². The van der Waals surface area contributed by atoms with Crippen LogP contribution in [0.1, 0.15) is 36.3 Å². The molecule has 0 bridgehead atoms. The first-order chi connectivity index (χ1) is 13.6. The number of carboxylic acids is 1. The van der Waals surface area contributed by atoms with Crippen molar-refractivity contribution in [1.82, 2.24) is 4.90 Å². The van der Waals surface area contributed by atoms with Gasteiger partial charge in [0.15, 0.2) is 6.04 Å². The Morgan fingerprint density at radius 1 is 1.07 bits per heavy atom. The Kier molecular flexibility index (Phi) is 3.91. The number of ether oxygens (including phenoxy) is 2. The van der Waals surface area contributed by atoms with Crippen molar-refractivity contribution in [2.45, 2.75) is 36.9 Å². The van der Waals surface area contributed by atoms with Gasteiger partial charge in [-0.1, -0.05) is 48.5 Å². The lowest BCUT2D eigenvalue weighted by atomic mass is 9.87. The van der Waals surface area contributed by atoms with Crippen LogP contribution in [-0.2, 0) is 14.3 Å². The van der Waals surface area contributed by atoms with Gasteiger partial charge in [0, 0.05) is 5.92 Å². The maximum atomic E-state index is 12.9. The predicted molar refractivity (Wildman–Crippen MR) is 101 cm³/mol. The molecule has 5 rings (SSSR count). The van der Waals surface area contributed by atoms with E-state index >= 15 is 0 Å².